The summed E-state index contributed by atoms with van der Waals surface area (Å²) in [7, 11) is 0. The highest BCUT2D eigenvalue weighted by Crippen LogP contribution is 2.15. The van der Waals surface area contributed by atoms with Gasteiger partial charge in [-0.05, 0) is 18.6 Å². The van der Waals surface area contributed by atoms with Crippen molar-refractivity contribution in [2.45, 2.75) is 13.3 Å². The lowest BCUT2D eigenvalue weighted by Gasteiger charge is -2.09. The summed E-state index contributed by atoms with van der Waals surface area (Å²) in [4.78, 5) is 22.7. The van der Waals surface area contributed by atoms with E-state index in [-0.39, 0.29) is 13.0 Å². The SMILES string of the molecule is C=CCNc1ccccc1CC(=O)O/C=C/C(=O)OCC. The van der Waals surface area contributed by atoms with Crippen LogP contribution in [0, 0.1) is 0 Å². The lowest BCUT2D eigenvalue weighted by molar-refractivity contribution is -0.138. The van der Waals surface area contributed by atoms with E-state index in [1.54, 1.807) is 13.0 Å². The Balaban J connectivity index is 2.54. The maximum absolute atomic E-state index is 11.7. The third-order valence-corrected chi connectivity index (χ3v) is 2.48. The quantitative estimate of drug-likeness (QED) is 0.345. The second-order valence-electron chi connectivity index (χ2n) is 4.05. The van der Waals surface area contributed by atoms with Crippen LogP contribution in [-0.2, 0) is 25.5 Å². The summed E-state index contributed by atoms with van der Waals surface area (Å²) in [5.74, 6) is -0.998. The smallest absolute Gasteiger partial charge is 0.333 e. The molecule has 0 atom stereocenters. The van der Waals surface area contributed by atoms with Gasteiger partial charge < -0.3 is 14.8 Å². The zero-order chi connectivity index (χ0) is 15.5. The third kappa shape index (κ3) is 6.42. The third-order valence-electron chi connectivity index (χ3n) is 2.48. The number of nitrogens with one attached hydrogen (secondary N) is 1. The number of hydrogen-bond donors (Lipinski definition) is 1. The predicted molar refractivity (Wildman–Crippen MR) is 80.7 cm³/mol. The highest BCUT2D eigenvalue weighted by Gasteiger charge is 2.07. The Hall–Kier alpha value is -2.56. The summed E-state index contributed by atoms with van der Waals surface area (Å²) >= 11 is 0. The number of anilines is 1. The van der Waals surface area contributed by atoms with E-state index in [0.717, 1.165) is 23.6 Å². The first-order chi connectivity index (χ1) is 10.2. The predicted octanol–water partition coefficient (Wildman–Crippen LogP) is 2.45. The molecular weight excluding hydrogens is 270 g/mol. The number of hydrogen-bond acceptors (Lipinski definition) is 5. The molecule has 0 saturated carbocycles. The summed E-state index contributed by atoms with van der Waals surface area (Å²) < 4.78 is 9.52. The normalized spacial score (nSPS) is 10.1. The molecule has 21 heavy (non-hydrogen) atoms. The Kier molecular flexibility index (Phi) is 7.35. The fourth-order valence-electron chi connectivity index (χ4n) is 1.58. The topological polar surface area (TPSA) is 64.6 Å². The molecule has 1 aromatic carbocycles. The largest absolute Gasteiger partial charge is 0.463 e. The zero-order valence-electron chi connectivity index (χ0n) is 12.0. The first kappa shape index (κ1) is 16.5. The molecule has 5 nitrogen and oxygen atoms in total. The van der Waals surface area contributed by atoms with Gasteiger partial charge >= 0.3 is 11.9 Å². The van der Waals surface area contributed by atoms with Crippen molar-refractivity contribution >= 4 is 17.6 Å². The van der Waals surface area contributed by atoms with E-state index >= 15 is 0 Å². The maximum Gasteiger partial charge on any atom is 0.333 e. The van der Waals surface area contributed by atoms with Crippen LogP contribution in [0.2, 0.25) is 0 Å². The Morgan fingerprint density at radius 3 is 2.81 bits per heavy atom. The molecule has 0 aliphatic heterocycles. The standard InChI is InChI=1S/C16H19NO4/c1-3-10-17-14-8-6-5-7-13(14)12-16(19)21-11-9-15(18)20-4-2/h3,5-9,11,17H,1,4,10,12H2,2H3/b11-9+. The van der Waals surface area contributed by atoms with Crippen molar-refractivity contribution in [3.8, 4) is 0 Å². The number of esters is 2. The second-order valence-corrected chi connectivity index (χ2v) is 4.05. The molecule has 112 valence electrons. The fraction of sp³-hybridized carbons (Fsp3) is 0.250. The first-order valence-electron chi connectivity index (χ1n) is 6.62. The van der Waals surface area contributed by atoms with Gasteiger partial charge in [-0.3, -0.25) is 4.79 Å². The molecule has 0 radical (unpaired) electrons. The van der Waals surface area contributed by atoms with Crippen LogP contribution in [0.15, 0.2) is 49.3 Å². The van der Waals surface area contributed by atoms with E-state index in [1.165, 1.54) is 0 Å². The van der Waals surface area contributed by atoms with E-state index < -0.39 is 11.9 Å². The van der Waals surface area contributed by atoms with E-state index in [4.69, 9.17) is 4.74 Å². The second kappa shape index (κ2) is 9.36. The molecule has 0 bridgehead atoms. The van der Waals surface area contributed by atoms with Crippen molar-refractivity contribution in [3.63, 3.8) is 0 Å². The number of carbonyl (C=O) groups is 2. The van der Waals surface area contributed by atoms with Crippen LogP contribution < -0.4 is 5.32 Å². The van der Waals surface area contributed by atoms with Crippen molar-refractivity contribution in [2.24, 2.45) is 0 Å². The van der Waals surface area contributed by atoms with E-state index in [2.05, 4.69) is 16.6 Å². The van der Waals surface area contributed by atoms with Crippen molar-refractivity contribution in [3.05, 3.63) is 54.8 Å². The van der Waals surface area contributed by atoms with Crippen LogP contribution in [0.5, 0.6) is 0 Å². The Labute approximate surface area is 124 Å². The molecule has 0 fully saturated rings. The molecule has 0 unspecified atom stereocenters. The van der Waals surface area contributed by atoms with Crippen molar-refractivity contribution in [1.82, 2.24) is 0 Å². The molecule has 0 amide bonds. The first-order valence-corrected chi connectivity index (χ1v) is 6.62. The van der Waals surface area contributed by atoms with Crippen LogP contribution in [-0.4, -0.2) is 25.1 Å². The Bertz CT molecular complexity index is 523. The van der Waals surface area contributed by atoms with E-state index in [1.807, 2.05) is 24.3 Å². The van der Waals surface area contributed by atoms with Crippen LogP contribution in [0.3, 0.4) is 0 Å². The highest BCUT2D eigenvalue weighted by atomic mass is 16.5. The summed E-state index contributed by atoms with van der Waals surface area (Å²) in [6, 6.07) is 7.43. The maximum atomic E-state index is 11.7. The number of benzene rings is 1. The molecule has 1 rings (SSSR count). The van der Waals surface area contributed by atoms with Gasteiger partial charge in [-0.2, -0.15) is 0 Å². The Morgan fingerprint density at radius 2 is 2.10 bits per heavy atom. The van der Waals surface area contributed by atoms with Crippen molar-refractivity contribution in [1.29, 1.82) is 0 Å². The molecule has 1 aromatic rings. The van der Waals surface area contributed by atoms with Crippen LogP contribution in [0.4, 0.5) is 5.69 Å². The van der Waals surface area contributed by atoms with Gasteiger partial charge in [-0.25, -0.2) is 4.79 Å². The molecule has 0 heterocycles. The van der Waals surface area contributed by atoms with Crippen molar-refractivity contribution < 1.29 is 19.1 Å². The minimum Gasteiger partial charge on any atom is -0.463 e. The van der Waals surface area contributed by atoms with Crippen LogP contribution in [0.25, 0.3) is 0 Å². The summed E-state index contributed by atoms with van der Waals surface area (Å²) in [5, 5.41) is 3.14. The van der Waals surface area contributed by atoms with E-state index in [9.17, 15) is 9.59 Å². The monoisotopic (exact) mass is 289 g/mol. The molecule has 0 aliphatic rings. The summed E-state index contributed by atoms with van der Waals surface area (Å²) in [6.45, 7) is 6.21. The van der Waals surface area contributed by atoms with Gasteiger partial charge in [0.15, 0.2) is 0 Å². The molecule has 0 aliphatic carbocycles. The molecule has 1 N–H and O–H groups in total. The zero-order valence-corrected chi connectivity index (χ0v) is 12.0. The number of ether oxygens (including phenoxy) is 2. The number of rotatable bonds is 8. The average Bonchev–Trinajstić information content (AvgIpc) is 2.46. The molecule has 0 spiro atoms. The Morgan fingerprint density at radius 1 is 1.33 bits per heavy atom. The molecular formula is C16H19NO4. The van der Waals surface area contributed by atoms with Crippen LogP contribution in [0.1, 0.15) is 12.5 Å². The highest BCUT2D eigenvalue weighted by molar-refractivity contribution is 5.82. The van der Waals surface area contributed by atoms with Gasteiger partial charge in [0.05, 0.1) is 19.1 Å². The van der Waals surface area contributed by atoms with Gasteiger partial charge in [0.25, 0.3) is 0 Å². The van der Waals surface area contributed by atoms with Gasteiger partial charge in [-0.1, -0.05) is 24.3 Å². The number of para-hydroxylation sites is 1. The fourth-order valence-corrected chi connectivity index (χ4v) is 1.58. The molecule has 0 aromatic heterocycles. The lowest BCUT2D eigenvalue weighted by Crippen LogP contribution is -2.08. The number of carbonyl (C=O) groups excluding carboxylic acids is 2. The van der Waals surface area contributed by atoms with Gasteiger partial charge in [0, 0.05) is 12.2 Å². The molecule has 0 saturated heterocycles. The lowest BCUT2D eigenvalue weighted by atomic mass is 10.1. The van der Waals surface area contributed by atoms with Crippen molar-refractivity contribution in [2.75, 3.05) is 18.5 Å². The van der Waals surface area contributed by atoms with Gasteiger partial charge in [-0.15, -0.1) is 6.58 Å². The summed E-state index contributed by atoms with van der Waals surface area (Å²) in [5.41, 5.74) is 1.66. The molecule has 5 heteroatoms. The minimum atomic E-state index is -0.543. The average molecular weight is 289 g/mol. The minimum absolute atomic E-state index is 0.105. The van der Waals surface area contributed by atoms with Crippen LogP contribution >= 0.6 is 0 Å². The van der Waals surface area contributed by atoms with Gasteiger partial charge in [0.2, 0.25) is 0 Å². The summed E-state index contributed by atoms with van der Waals surface area (Å²) in [6.07, 6.45) is 3.95. The van der Waals surface area contributed by atoms with E-state index in [0.29, 0.717) is 6.54 Å². The van der Waals surface area contributed by atoms with Gasteiger partial charge in [0.1, 0.15) is 6.26 Å².